The molecule has 164 valence electrons. The Labute approximate surface area is 185 Å². The van der Waals surface area contributed by atoms with Crippen molar-refractivity contribution in [3.8, 4) is 0 Å². The fourth-order valence-corrected chi connectivity index (χ4v) is 6.09. The molecule has 2 aromatic carbocycles. The highest BCUT2D eigenvalue weighted by Gasteiger charge is 2.32. The monoisotopic (exact) mass is 425 g/mol. The van der Waals surface area contributed by atoms with Gasteiger partial charge in [0.2, 0.25) is 0 Å². The van der Waals surface area contributed by atoms with Crippen LogP contribution in [-0.4, -0.2) is 13.1 Å². The number of nitrogens with zero attached hydrogens (tertiary/aromatic N) is 2. The van der Waals surface area contributed by atoms with Crippen LogP contribution in [0.5, 0.6) is 0 Å². The molecule has 0 spiro atoms. The highest BCUT2D eigenvalue weighted by Crippen LogP contribution is 2.53. The molecule has 1 saturated heterocycles. The summed E-state index contributed by atoms with van der Waals surface area (Å²) in [5, 5.41) is 0. The van der Waals surface area contributed by atoms with E-state index >= 15 is 0 Å². The van der Waals surface area contributed by atoms with E-state index in [1.165, 1.54) is 33.6 Å². The van der Waals surface area contributed by atoms with Crippen molar-refractivity contribution in [3.63, 3.8) is 0 Å². The topological polar surface area (TPSA) is 29.5 Å². The smallest absolute Gasteiger partial charge is 0.0474 e. The van der Waals surface area contributed by atoms with Crippen molar-refractivity contribution in [1.82, 2.24) is 0 Å². The van der Waals surface area contributed by atoms with Gasteiger partial charge < -0.3 is 14.2 Å². The molecule has 1 heterocycles. The van der Waals surface area contributed by atoms with Crippen molar-refractivity contribution in [2.45, 2.75) is 79.1 Å². The number of rotatable bonds is 6. The molecule has 4 heteroatoms. The van der Waals surface area contributed by atoms with Gasteiger partial charge in [-0.2, -0.15) is 0 Å². The molecule has 0 saturated carbocycles. The summed E-state index contributed by atoms with van der Waals surface area (Å²) in [4.78, 5) is 14.0. The number of anilines is 2. The first-order chi connectivity index (χ1) is 14.1. The minimum Gasteiger partial charge on any atom is -0.796 e. The van der Waals surface area contributed by atoms with E-state index in [4.69, 9.17) is 0 Å². The predicted molar refractivity (Wildman–Crippen MR) is 131 cm³/mol. The van der Waals surface area contributed by atoms with E-state index in [1.54, 1.807) is 0 Å². The van der Waals surface area contributed by atoms with Crippen molar-refractivity contribution >= 4 is 19.8 Å². The SMILES string of the molecule is CC(C)c1cccc(C(C)C)c1N1CCN(c2c(C(C)C)cccc2C(C)C)P1[O-]. The van der Waals surface area contributed by atoms with Gasteiger partial charge in [0.05, 0.1) is 0 Å². The minimum absolute atomic E-state index is 0.394. The number of hydrogen-bond acceptors (Lipinski definition) is 3. The molecule has 1 fully saturated rings. The lowest BCUT2D eigenvalue weighted by molar-refractivity contribution is -0.159. The fourth-order valence-electron chi connectivity index (χ4n) is 4.51. The second-order valence-electron chi connectivity index (χ2n) is 9.69. The Hall–Kier alpha value is -1.57. The summed E-state index contributed by atoms with van der Waals surface area (Å²) >= 11 is 0. The molecule has 30 heavy (non-hydrogen) atoms. The van der Waals surface area contributed by atoms with Crippen molar-refractivity contribution < 1.29 is 4.89 Å². The molecule has 3 rings (SSSR count). The zero-order chi connectivity index (χ0) is 22.2. The molecule has 0 aromatic heterocycles. The van der Waals surface area contributed by atoms with Crippen molar-refractivity contribution in [1.29, 1.82) is 0 Å². The van der Waals surface area contributed by atoms with Crippen LogP contribution >= 0.6 is 8.45 Å². The summed E-state index contributed by atoms with van der Waals surface area (Å²) in [5.41, 5.74) is 7.58. The molecule has 0 unspecified atom stereocenters. The van der Waals surface area contributed by atoms with Crippen LogP contribution in [-0.2, 0) is 0 Å². The maximum absolute atomic E-state index is 14.0. The zero-order valence-corrected chi connectivity index (χ0v) is 20.8. The molecule has 1 aliphatic heterocycles. The standard InChI is InChI=1S/C26H38N2OP/c1-17(2)21-11-9-12-22(18(3)4)25(21)27-15-16-28(30(27)29)26-23(19(5)6)13-10-14-24(26)20(7)8/h9-14,17-20H,15-16H2,1-8H3/q-1. The molecule has 3 nitrogen and oxygen atoms in total. The van der Waals surface area contributed by atoms with Crippen LogP contribution in [0.2, 0.25) is 0 Å². The van der Waals surface area contributed by atoms with E-state index < -0.39 is 8.45 Å². The van der Waals surface area contributed by atoms with E-state index in [-0.39, 0.29) is 0 Å². The summed E-state index contributed by atoms with van der Waals surface area (Å²) in [6, 6.07) is 13.1. The minimum atomic E-state index is -1.69. The van der Waals surface area contributed by atoms with Gasteiger partial charge in [0, 0.05) is 32.9 Å². The maximum Gasteiger partial charge on any atom is 0.0474 e. The summed E-state index contributed by atoms with van der Waals surface area (Å²) in [6.07, 6.45) is 0. The molecule has 2 aromatic rings. The Balaban J connectivity index is 2.11. The molecular formula is C26H38N2OP-. The highest BCUT2D eigenvalue weighted by molar-refractivity contribution is 7.54. The van der Waals surface area contributed by atoms with Crippen LogP contribution in [0, 0.1) is 0 Å². The average molecular weight is 426 g/mol. The van der Waals surface area contributed by atoms with Gasteiger partial charge in [-0.3, -0.25) is 0 Å². The number of benzene rings is 2. The lowest BCUT2D eigenvalue weighted by Crippen LogP contribution is -2.26. The van der Waals surface area contributed by atoms with Crippen LogP contribution in [0.1, 0.15) is 101 Å². The first kappa shape index (κ1) is 23.1. The zero-order valence-electron chi connectivity index (χ0n) is 19.9. The molecular weight excluding hydrogens is 387 g/mol. The third-order valence-electron chi connectivity index (χ3n) is 6.14. The quantitative estimate of drug-likeness (QED) is 0.463. The normalized spacial score (nSPS) is 15.5. The van der Waals surface area contributed by atoms with Gasteiger partial charge in [-0.05, 0) is 45.9 Å². The predicted octanol–water partition coefficient (Wildman–Crippen LogP) is 7.09. The number of hydrogen-bond donors (Lipinski definition) is 0. The Kier molecular flexibility index (Phi) is 7.15. The van der Waals surface area contributed by atoms with Crippen LogP contribution in [0.3, 0.4) is 0 Å². The molecule has 1 aliphatic rings. The van der Waals surface area contributed by atoms with Crippen molar-refractivity contribution in [3.05, 3.63) is 58.7 Å². The van der Waals surface area contributed by atoms with Gasteiger partial charge in [-0.1, -0.05) is 91.8 Å². The van der Waals surface area contributed by atoms with E-state index in [1.807, 2.05) is 0 Å². The lowest BCUT2D eigenvalue weighted by atomic mass is 9.92. The first-order valence-electron chi connectivity index (χ1n) is 11.4. The van der Waals surface area contributed by atoms with E-state index in [2.05, 4.69) is 101 Å². The Morgan fingerprint density at radius 3 is 1.10 bits per heavy atom. The van der Waals surface area contributed by atoms with E-state index in [0.29, 0.717) is 23.7 Å². The lowest BCUT2D eigenvalue weighted by Gasteiger charge is -2.41. The van der Waals surface area contributed by atoms with E-state index in [9.17, 15) is 4.89 Å². The summed E-state index contributed by atoms with van der Waals surface area (Å²) in [6.45, 7) is 19.4. The molecule has 0 bridgehead atoms. The Bertz CT molecular complexity index is 751. The van der Waals surface area contributed by atoms with Crippen LogP contribution < -0.4 is 14.2 Å². The third-order valence-corrected chi connectivity index (χ3v) is 7.76. The van der Waals surface area contributed by atoms with Crippen LogP contribution in [0.25, 0.3) is 0 Å². The second-order valence-corrected chi connectivity index (χ2v) is 11.2. The van der Waals surface area contributed by atoms with Crippen LogP contribution in [0.15, 0.2) is 36.4 Å². The Morgan fingerprint density at radius 1 is 0.600 bits per heavy atom. The average Bonchev–Trinajstić information content (AvgIpc) is 3.07. The van der Waals surface area contributed by atoms with E-state index in [0.717, 1.165) is 13.1 Å². The largest absolute Gasteiger partial charge is 0.796 e. The first-order valence-corrected chi connectivity index (χ1v) is 12.6. The Morgan fingerprint density at radius 2 is 0.867 bits per heavy atom. The summed E-state index contributed by atoms with van der Waals surface area (Å²) < 4.78 is 4.36. The van der Waals surface area contributed by atoms with Crippen LogP contribution in [0.4, 0.5) is 11.4 Å². The van der Waals surface area contributed by atoms with Gasteiger partial charge in [0.1, 0.15) is 0 Å². The number of para-hydroxylation sites is 2. The molecule has 0 N–H and O–H groups in total. The fraction of sp³-hybridized carbons (Fsp3) is 0.538. The third kappa shape index (κ3) is 4.25. The van der Waals surface area contributed by atoms with Gasteiger partial charge in [-0.25, -0.2) is 0 Å². The van der Waals surface area contributed by atoms with Gasteiger partial charge in [0.15, 0.2) is 0 Å². The molecule has 0 radical (unpaired) electrons. The highest BCUT2D eigenvalue weighted by atomic mass is 31.2. The van der Waals surface area contributed by atoms with Gasteiger partial charge in [-0.15, -0.1) is 0 Å². The second kappa shape index (κ2) is 9.28. The van der Waals surface area contributed by atoms with Gasteiger partial charge in [0.25, 0.3) is 0 Å². The summed E-state index contributed by atoms with van der Waals surface area (Å²) in [5.74, 6) is 1.58. The molecule has 0 atom stereocenters. The van der Waals surface area contributed by atoms with Gasteiger partial charge >= 0.3 is 0 Å². The van der Waals surface area contributed by atoms with Crippen molar-refractivity contribution in [2.75, 3.05) is 22.4 Å². The van der Waals surface area contributed by atoms with Crippen molar-refractivity contribution in [2.24, 2.45) is 0 Å². The maximum atomic E-state index is 14.0. The molecule has 0 amide bonds. The molecule has 0 aliphatic carbocycles. The summed E-state index contributed by atoms with van der Waals surface area (Å²) in [7, 11) is -1.69.